The largest absolute Gasteiger partial charge is 0.366 e. The summed E-state index contributed by atoms with van der Waals surface area (Å²) >= 11 is 3.33. The summed E-state index contributed by atoms with van der Waals surface area (Å²) in [6, 6.07) is 14.1. The molecule has 0 fully saturated rings. The van der Waals surface area contributed by atoms with Gasteiger partial charge in [0.05, 0.1) is 5.56 Å². The van der Waals surface area contributed by atoms with E-state index >= 15 is 0 Å². The average molecular weight is 333 g/mol. The quantitative estimate of drug-likeness (QED) is 0.902. The number of nitrogens with two attached hydrogens (primary N) is 1. The third kappa shape index (κ3) is 3.45. The van der Waals surface area contributed by atoms with Crippen molar-refractivity contribution in [2.45, 2.75) is 6.54 Å². The zero-order valence-corrected chi connectivity index (χ0v) is 12.2. The van der Waals surface area contributed by atoms with Crippen LogP contribution in [-0.2, 0) is 6.54 Å². The Morgan fingerprint density at radius 3 is 2.55 bits per heavy atom. The number of hydrogen-bond acceptors (Lipinski definition) is 2. The van der Waals surface area contributed by atoms with Crippen LogP contribution in [0, 0.1) is 0 Å². The Hall–Kier alpha value is -2.14. The molecule has 4 nitrogen and oxygen atoms in total. The van der Waals surface area contributed by atoms with E-state index in [2.05, 4.69) is 21.2 Å². The smallest absolute Gasteiger partial charge is 0.252 e. The van der Waals surface area contributed by atoms with Crippen LogP contribution >= 0.6 is 15.9 Å². The van der Waals surface area contributed by atoms with E-state index in [0.717, 1.165) is 10.0 Å². The van der Waals surface area contributed by atoms with Gasteiger partial charge in [0.1, 0.15) is 0 Å². The van der Waals surface area contributed by atoms with Crippen molar-refractivity contribution < 1.29 is 9.59 Å². The van der Waals surface area contributed by atoms with Crippen molar-refractivity contribution in [3.63, 3.8) is 0 Å². The number of nitrogens with one attached hydrogen (secondary N) is 1. The summed E-state index contributed by atoms with van der Waals surface area (Å²) in [7, 11) is 0. The number of hydrogen-bond donors (Lipinski definition) is 2. The molecule has 20 heavy (non-hydrogen) atoms. The molecule has 0 atom stereocenters. The summed E-state index contributed by atoms with van der Waals surface area (Å²) in [5.41, 5.74) is 7.03. The third-order valence-electron chi connectivity index (χ3n) is 2.78. The van der Waals surface area contributed by atoms with Gasteiger partial charge in [-0.05, 0) is 45.8 Å². The molecule has 3 N–H and O–H groups in total. The molecule has 0 saturated carbocycles. The van der Waals surface area contributed by atoms with E-state index in [1.165, 1.54) is 0 Å². The highest BCUT2D eigenvalue weighted by molar-refractivity contribution is 9.10. The summed E-state index contributed by atoms with van der Waals surface area (Å²) in [6.07, 6.45) is 0. The molecular weight excluding hydrogens is 320 g/mol. The number of amides is 2. The summed E-state index contributed by atoms with van der Waals surface area (Å²) in [4.78, 5) is 23.1. The molecule has 0 aromatic heterocycles. The zero-order valence-electron chi connectivity index (χ0n) is 10.6. The van der Waals surface area contributed by atoms with Crippen molar-refractivity contribution in [3.05, 3.63) is 69.7 Å². The fraction of sp³-hybridized carbons (Fsp3) is 0.0667. The predicted molar refractivity (Wildman–Crippen MR) is 80.3 cm³/mol. The maximum atomic E-state index is 12.0. The molecule has 5 heteroatoms. The molecular formula is C15H13BrN2O2. The molecule has 2 aromatic rings. The van der Waals surface area contributed by atoms with Crippen molar-refractivity contribution in [3.8, 4) is 0 Å². The Kier molecular flexibility index (Phi) is 4.53. The van der Waals surface area contributed by atoms with Crippen LogP contribution in [0.1, 0.15) is 26.3 Å². The predicted octanol–water partition coefficient (Wildman–Crippen LogP) is 2.48. The Labute approximate surface area is 125 Å². The monoisotopic (exact) mass is 332 g/mol. The lowest BCUT2D eigenvalue weighted by Gasteiger charge is -2.07. The first-order valence-corrected chi connectivity index (χ1v) is 6.78. The molecule has 0 aliphatic carbocycles. The molecule has 0 heterocycles. The van der Waals surface area contributed by atoms with Gasteiger partial charge in [-0.3, -0.25) is 9.59 Å². The number of rotatable bonds is 4. The molecule has 2 aromatic carbocycles. The van der Waals surface area contributed by atoms with Gasteiger partial charge in [0, 0.05) is 16.6 Å². The van der Waals surface area contributed by atoms with E-state index in [0.29, 0.717) is 17.7 Å². The second-order valence-electron chi connectivity index (χ2n) is 4.23. The molecule has 0 spiro atoms. The van der Waals surface area contributed by atoms with Gasteiger partial charge in [0.15, 0.2) is 0 Å². The van der Waals surface area contributed by atoms with E-state index in [1.807, 2.05) is 18.2 Å². The fourth-order valence-electron chi connectivity index (χ4n) is 1.76. The highest BCUT2D eigenvalue weighted by Gasteiger charge is 2.09. The van der Waals surface area contributed by atoms with Gasteiger partial charge in [-0.25, -0.2) is 0 Å². The van der Waals surface area contributed by atoms with Crippen LogP contribution in [0.2, 0.25) is 0 Å². The first-order chi connectivity index (χ1) is 9.58. The lowest BCUT2D eigenvalue weighted by atomic mass is 10.1. The van der Waals surface area contributed by atoms with Crippen LogP contribution in [0.5, 0.6) is 0 Å². The molecule has 0 radical (unpaired) electrons. The van der Waals surface area contributed by atoms with Crippen LogP contribution in [0.4, 0.5) is 0 Å². The van der Waals surface area contributed by atoms with Crippen molar-refractivity contribution in [1.29, 1.82) is 0 Å². The second kappa shape index (κ2) is 6.34. The van der Waals surface area contributed by atoms with Crippen molar-refractivity contribution in [2.24, 2.45) is 5.73 Å². The van der Waals surface area contributed by atoms with Crippen LogP contribution in [0.3, 0.4) is 0 Å². The molecule has 0 aliphatic heterocycles. The number of primary amides is 1. The average Bonchev–Trinajstić information content (AvgIpc) is 2.45. The summed E-state index contributed by atoms with van der Waals surface area (Å²) < 4.78 is 0.739. The lowest BCUT2D eigenvalue weighted by Crippen LogP contribution is -2.23. The third-order valence-corrected chi connectivity index (χ3v) is 3.47. The van der Waals surface area contributed by atoms with E-state index in [-0.39, 0.29) is 5.91 Å². The number of carbonyl (C=O) groups excluding carboxylic acids is 2. The minimum absolute atomic E-state index is 0.179. The number of halogens is 1. The normalized spacial score (nSPS) is 10.1. The molecule has 2 rings (SSSR count). The first kappa shape index (κ1) is 14.3. The SMILES string of the molecule is NC(=O)c1cccc(CNC(=O)c2ccccc2Br)c1. The number of benzene rings is 2. The van der Waals surface area contributed by atoms with Crippen LogP contribution in [0.15, 0.2) is 53.0 Å². The molecule has 0 unspecified atom stereocenters. The van der Waals surface area contributed by atoms with E-state index < -0.39 is 5.91 Å². The Balaban J connectivity index is 2.06. The molecule has 0 aliphatic rings. The Morgan fingerprint density at radius 1 is 1.10 bits per heavy atom. The first-order valence-electron chi connectivity index (χ1n) is 5.99. The van der Waals surface area contributed by atoms with Gasteiger partial charge in [-0.15, -0.1) is 0 Å². The standard InChI is InChI=1S/C15H13BrN2O2/c16-13-7-2-1-6-12(13)15(20)18-9-10-4-3-5-11(8-10)14(17)19/h1-8H,9H2,(H2,17,19)(H,18,20). The van der Waals surface area contributed by atoms with Crippen molar-refractivity contribution in [2.75, 3.05) is 0 Å². The van der Waals surface area contributed by atoms with Gasteiger partial charge in [0.25, 0.3) is 5.91 Å². The van der Waals surface area contributed by atoms with E-state index in [9.17, 15) is 9.59 Å². The molecule has 0 bridgehead atoms. The van der Waals surface area contributed by atoms with Gasteiger partial charge < -0.3 is 11.1 Å². The van der Waals surface area contributed by atoms with E-state index in [1.54, 1.807) is 30.3 Å². The minimum Gasteiger partial charge on any atom is -0.366 e. The maximum absolute atomic E-state index is 12.0. The van der Waals surface area contributed by atoms with E-state index in [4.69, 9.17) is 5.73 Å². The second-order valence-corrected chi connectivity index (χ2v) is 5.08. The van der Waals surface area contributed by atoms with Gasteiger partial charge in [-0.1, -0.05) is 24.3 Å². The van der Waals surface area contributed by atoms with Crippen LogP contribution in [0.25, 0.3) is 0 Å². The Bertz CT molecular complexity index is 656. The Morgan fingerprint density at radius 2 is 1.85 bits per heavy atom. The highest BCUT2D eigenvalue weighted by Crippen LogP contribution is 2.15. The highest BCUT2D eigenvalue weighted by atomic mass is 79.9. The summed E-state index contributed by atoms with van der Waals surface area (Å²) in [6.45, 7) is 0.335. The summed E-state index contributed by atoms with van der Waals surface area (Å²) in [5, 5.41) is 2.80. The molecule has 2 amide bonds. The van der Waals surface area contributed by atoms with Gasteiger partial charge in [0.2, 0.25) is 5.91 Å². The molecule has 0 saturated heterocycles. The van der Waals surface area contributed by atoms with Crippen molar-refractivity contribution in [1.82, 2.24) is 5.32 Å². The van der Waals surface area contributed by atoms with Crippen LogP contribution < -0.4 is 11.1 Å². The zero-order chi connectivity index (χ0) is 14.5. The van der Waals surface area contributed by atoms with Crippen LogP contribution in [-0.4, -0.2) is 11.8 Å². The summed E-state index contributed by atoms with van der Waals surface area (Å²) in [5.74, 6) is -0.661. The lowest BCUT2D eigenvalue weighted by molar-refractivity contribution is 0.0949. The topological polar surface area (TPSA) is 72.2 Å². The number of carbonyl (C=O) groups is 2. The fourth-order valence-corrected chi connectivity index (χ4v) is 2.22. The van der Waals surface area contributed by atoms with Gasteiger partial charge in [-0.2, -0.15) is 0 Å². The maximum Gasteiger partial charge on any atom is 0.252 e. The molecule has 102 valence electrons. The minimum atomic E-state index is -0.482. The van der Waals surface area contributed by atoms with Gasteiger partial charge >= 0.3 is 0 Å². The van der Waals surface area contributed by atoms with Crippen molar-refractivity contribution >= 4 is 27.7 Å².